The maximum atomic E-state index is 15.3. The lowest BCUT2D eigenvalue weighted by atomic mass is 10.2. The number of rotatable bonds is 10. The van der Waals surface area contributed by atoms with Crippen LogP contribution in [0.15, 0.2) is 24.3 Å². The number of hydrogen-bond donors (Lipinski definition) is 2. The van der Waals surface area contributed by atoms with Crippen LogP contribution in [0.1, 0.15) is 55.3 Å². The van der Waals surface area contributed by atoms with Gasteiger partial charge < -0.3 is 14.6 Å². The largest absolute Gasteiger partial charge is 0.465 e. The van der Waals surface area contributed by atoms with Gasteiger partial charge in [-0.2, -0.15) is 13.2 Å². The summed E-state index contributed by atoms with van der Waals surface area (Å²) in [5.41, 5.74) is -0.231. The molecule has 0 spiro atoms. The minimum Gasteiger partial charge on any atom is -0.465 e. The molecule has 2 N–H and O–H groups in total. The van der Waals surface area contributed by atoms with Gasteiger partial charge in [0.1, 0.15) is 6.04 Å². The van der Waals surface area contributed by atoms with Gasteiger partial charge in [-0.05, 0) is 42.5 Å². The first kappa shape index (κ1) is 30.0. The second-order valence-electron chi connectivity index (χ2n) is 6.83. The SMILES string of the molecule is CC.CCCOC(=O)C(C)NP(=O)(OCC(F)(F)F)C(F)c1ccc2sc(C(=O)NC)cc2c1. The first-order valence-electron chi connectivity index (χ1n) is 10.5. The first-order chi connectivity index (χ1) is 15.9. The molecule has 192 valence electrons. The van der Waals surface area contributed by atoms with Crippen LogP contribution in [0, 0.1) is 0 Å². The molecule has 2 rings (SSSR count). The summed E-state index contributed by atoms with van der Waals surface area (Å²) in [6.07, 6.45) is -4.38. The number of hydrogen-bond acceptors (Lipinski definition) is 6. The van der Waals surface area contributed by atoms with E-state index < -0.39 is 38.2 Å². The second kappa shape index (κ2) is 13.2. The van der Waals surface area contributed by atoms with Crippen LogP contribution in [0.2, 0.25) is 0 Å². The van der Waals surface area contributed by atoms with Crippen molar-refractivity contribution in [3.8, 4) is 0 Å². The molecule has 1 amide bonds. The van der Waals surface area contributed by atoms with Gasteiger partial charge in [-0.1, -0.05) is 26.8 Å². The van der Waals surface area contributed by atoms with Crippen LogP contribution in [0.5, 0.6) is 0 Å². The zero-order valence-electron chi connectivity index (χ0n) is 19.5. The molecule has 0 aliphatic carbocycles. The Morgan fingerprint density at radius 1 is 1.21 bits per heavy atom. The highest BCUT2D eigenvalue weighted by atomic mass is 32.1. The fourth-order valence-corrected chi connectivity index (χ4v) is 5.49. The minimum absolute atomic E-state index is 0.0418. The van der Waals surface area contributed by atoms with Crippen molar-refractivity contribution in [3.05, 3.63) is 34.7 Å². The third-order valence-corrected chi connectivity index (χ3v) is 7.43. The molecular weight excluding hydrogens is 499 g/mol. The Kier molecular flexibility index (Phi) is 11.6. The summed E-state index contributed by atoms with van der Waals surface area (Å²) in [6.45, 7) is 4.98. The molecule has 13 heteroatoms. The van der Waals surface area contributed by atoms with Gasteiger partial charge in [-0.15, -0.1) is 11.3 Å². The van der Waals surface area contributed by atoms with E-state index >= 15 is 4.39 Å². The fourth-order valence-electron chi connectivity index (χ4n) is 2.63. The van der Waals surface area contributed by atoms with Crippen molar-refractivity contribution < 1.29 is 41.0 Å². The van der Waals surface area contributed by atoms with Crippen molar-refractivity contribution in [1.82, 2.24) is 10.4 Å². The lowest BCUT2D eigenvalue weighted by Crippen LogP contribution is -2.35. The molecular formula is C21H29F4N2O5PS. The van der Waals surface area contributed by atoms with Crippen LogP contribution < -0.4 is 10.4 Å². The molecule has 3 unspecified atom stereocenters. The Bertz CT molecular complexity index is 1010. The third kappa shape index (κ3) is 8.33. The number of ether oxygens (including phenoxy) is 1. The first-order valence-corrected chi connectivity index (χ1v) is 13.1. The van der Waals surface area contributed by atoms with Gasteiger partial charge in [0.25, 0.3) is 5.91 Å². The molecule has 34 heavy (non-hydrogen) atoms. The number of halogens is 4. The smallest absolute Gasteiger partial charge is 0.412 e. The number of esters is 1. The van der Waals surface area contributed by atoms with Gasteiger partial charge in [0.15, 0.2) is 6.61 Å². The third-order valence-electron chi connectivity index (χ3n) is 4.16. The lowest BCUT2D eigenvalue weighted by Gasteiger charge is -2.26. The fraction of sp³-hybridized carbons (Fsp3) is 0.524. The van der Waals surface area contributed by atoms with Crippen LogP contribution in [-0.4, -0.2) is 44.4 Å². The van der Waals surface area contributed by atoms with Crippen LogP contribution in [0.4, 0.5) is 17.6 Å². The van der Waals surface area contributed by atoms with Crippen molar-refractivity contribution in [2.24, 2.45) is 0 Å². The molecule has 1 aromatic carbocycles. The molecule has 7 nitrogen and oxygen atoms in total. The molecule has 0 saturated carbocycles. The van der Waals surface area contributed by atoms with Crippen molar-refractivity contribution >= 4 is 40.8 Å². The number of thiophene rings is 1. The van der Waals surface area contributed by atoms with Gasteiger partial charge in [0.05, 0.1) is 11.5 Å². The molecule has 0 radical (unpaired) electrons. The molecule has 1 aromatic heterocycles. The Balaban J connectivity index is 0.00000281. The van der Waals surface area contributed by atoms with Crippen LogP contribution in [0.25, 0.3) is 10.1 Å². The summed E-state index contributed by atoms with van der Waals surface area (Å²) in [6, 6.07) is 4.07. The zero-order valence-corrected chi connectivity index (χ0v) is 21.2. The number of carbonyl (C=O) groups is 2. The quantitative estimate of drug-likeness (QED) is 0.225. The van der Waals surface area contributed by atoms with Gasteiger partial charge in [0.2, 0.25) is 5.91 Å². The molecule has 0 saturated heterocycles. The van der Waals surface area contributed by atoms with Crippen molar-refractivity contribution in [2.45, 2.75) is 52.2 Å². The molecule has 2 aromatic rings. The Hall–Kier alpha value is -2.01. The number of fused-ring (bicyclic) bond motifs is 1. The summed E-state index contributed by atoms with van der Waals surface area (Å²) >= 11 is 1.13. The second-order valence-corrected chi connectivity index (χ2v) is 10.1. The Labute approximate surface area is 199 Å². The standard InChI is InChI=1S/C19H23F4N2O5PS.C2H6/c1-4-7-29-18(27)11(2)25-31(28,30-10-19(21,22)23)16(20)12-5-6-14-13(8-12)9-15(32-14)17(26)24-3;1-2/h5-6,8-9,11,16H,4,7,10H2,1-3H3,(H,24,26)(H,25,28);1-2H3. The topological polar surface area (TPSA) is 93.7 Å². The number of amides is 1. The van der Waals surface area contributed by atoms with Gasteiger partial charge >= 0.3 is 19.7 Å². The van der Waals surface area contributed by atoms with E-state index in [4.69, 9.17) is 4.74 Å². The molecule has 1 heterocycles. The van der Waals surface area contributed by atoms with E-state index in [1.54, 1.807) is 6.92 Å². The highest BCUT2D eigenvalue weighted by molar-refractivity contribution is 7.57. The Morgan fingerprint density at radius 2 is 1.85 bits per heavy atom. The number of alkyl halides is 4. The van der Waals surface area contributed by atoms with E-state index in [0.29, 0.717) is 21.4 Å². The van der Waals surface area contributed by atoms with E-state index in [0.717, 1.165) is 11.3 Å². The van der Waals surface area contributed by atoms with Gasteiger partial charge in [-0.25, -0.2) is 9.48 Å². The average Bonchev–Trinajstić information content (AvgIpc) is 3.24. The molecule has 0 fully saturated rings. The van der Waals surface area contributed by atoms with E-state index in [1.807, 2.05) is 13.8 Å². The van der Waals surface area contributed by atoms with E-state index in [1.165, 1.54) is 38.2 Å². The predicted octanol–water partition coefficient (Wildman–Crippen LogP) is 5.96. The Morgan fingerprint density at radius 3 is 2.41 bits per heavy atom. The number of benzene rings is 1. The average molecular weight is 529 g/mol. The van der Waals surface area contributed by atoms with Crippen molar-refractivity contribution in [2.75, 3.05) is 20.3 Å². The van der Waals surface area contributed by atoms with Crippen molar-refractivity contribution in [1.29, 1.82) is 0 Å². The van der Waals surface area contributed by atoms with Gasteiger partial charge in [-0.3, -0.25) is 14.2 Å². The minimum atomic E-state index is -4.88. The normalized spacial score (nSPS) is 15.0. The summed E-state index contributed by atoms with van der Waals surface area (Å²) in [5.74, 6) is -3.78. The molecule has 0 aliphatic rings. The van der Waals surface area contributed by atoms with Gasteiger partial charge in [0, 0.05) is 11.7 Å². The van der Waals surface area contributed by atoms with Crippen LogP contribution in [0.3, 0.4) is 0 Å². The highest BCUT2D eigenvalue weighted by Gasteiger charge is 2.42. The highest BCUT2D eigenvalue weighted by Crippen LogP contribution is 2.58. The van der Waals surface area contributed by atoms with E-state index in [2.05, 4.69) is 14.9 Å². The monoisotopic (exact) mass is 528 g/mol. The zero-order chi connectivity index (χ0) is 26.1. The van der Waals surface area contributed by atoms with E-state index in [9.17, 15) is 27.3 Å². The van der Waals surface area contributed by atoms with Crippen molar-refractivity contribution in [3.63, 3.8) is 0 Å². The number of nitrogens with one attached hydrogen (secondary N) is 2. The maximum absolute atomic E-state index is 15.3. The summed E-state index contributed by atoms with van der Waals surface area (Å²) in [5, 5.41) is 4.97. The van der Waals surface area contributed by atoms with E-state index in [-0.39, 0.29) is 18.1 Å². The maximum Gasteiger partial charge on any atom is 0.412 e. The number of carbonyl (C=O) groups excluding carboxylic acids is 2. The predicted molar refractivity (Wildman–Crippen MR) is 124 cm³/mol. The summed E-state index contributed by atoms with van der Waals surface area (Å²) in [4.78, 5) is 24.1. The molecule has 0 aliphatic heterocycles. The van der Waals surface area contributed by atoms with Crippen LogP contribution in [-0.2, 0) is 18.6 Å². The van der Waals surface area contributed by atoms with Crippen LogP contribution >= 0.6 is 18.9 Å². The molecule has 3 atom stereocenters. The summed E-state index contributed by atoms with van der Waals surface area (Å²) < 4.78 is 76.6. The lowest BCUT2D eigenvalue weighted by molar-refractivity contribution is -0.154. The molecule has 0 bridgehead atoms. The summed E-state index contributed by atoms with van der Waals surface area (Å²) in [7, 11) is -3.43.